The number of carbonyl (C=O) groups is 2. The molecular formula is C38H72N2O2. The molecule has 0 unspecified atom stereocenters. The Bertz CT molecular complexity index is 589. The molecule has 4 N–H and O–H groups in total. The fourth-order valence-corrected chi connectivity index (χ4v) is 5.94. The van der Waals surface area contributed by atoms with Crippen molar-refractivity contribution in [3.8, 4) is 0 Å². The molecule has 42 heavy (non-hydrogen) atoms. The van der Waals surface area contributed by atoms with E-state index in [-0.39, 0.29) is 11.8 Å². The van der Waals surface area contributed by atoms with Crippen LogP contribution in [0.25, 0.3) is 0 Å². The van der Waals surface area contributed by atoms with E-state index >= 15 is 0 Å². The Labute approximate surface area is 262 Å². The highest BCUT2D eigenvalue weighted by molar-refractivity contribution is 5.85. The average molecular weight is 589 g/mol. The zero-order chi connectivity index (χ0) is 30.8. The normalized spacial score (nSPS) is 12.5. The topological polar surface area (TPSA) is 86.2 Å². The molecule has 0 saturated heterocycles. The van der Waals surface area contributed by atoms with Crippen LogP contribution in [0.2, 0.25) is 0 Å². The number of unbranched alkanes of at least 4 members (excludes halogenated alkanes) is 26. The van der Waals surface area contributed by atoms with E-state index < -0.39 is 0 Å². The SMILES string of the molecule is CC(CCCCCCCCCCCCCCCC=CC(N)=O)CCCCCCCCCCCCCCCC=CC(N)=O. The molecule has 0 aliphatic rings. The Hall–Kier alpha value is -1.58. The van der Waals surface area contributed by atoms with Gasteiger partial charge in [-0.25, -0.2) is 0 Å². The molecule has 0 aromatic heterocycles. The van der Waals surface area contributed by atoms with Gasteiger partial charge in [0, 0.05) is 0 Å². The predicted octanol–water partition coefficient (Wildman–Crippen LogP) is 11.4. The minimum Gasteiger partial charge on any atom is -0.366 e. The van der Waals surface area contributed by atoms with Crippen LogP contribution in [-0.4, -0.2) is 11.8 Å². The molecule has 4 heteroatoms. The van der Waals surface area contributed by atoms with E-state index in [0.29, 0.717) is 0 Å². The number of allylic oxidation sites excluding steroid dienone is 2. The van der Waals surface area contributed by atoms with Crippen LogP contribution in [0, 0.1) is 5.92 Å². The van der Waals surface area contributed by atoms with Crippen LogP contribution in [0.4, 0.5) is 0 Å². The van der Waals surface area contributed by atoms with Crippen molar-refractivity contribution in [2.75, 3.05) is 0 Å². The molecule has 0 spiro atoms. The van der Waals surface area contributed by atoms with Crippen molar-refractivity contribution in [3.63, 3.8) is 0 Å². The predicted molar refractivity (Wildman–Crippen MR) is 184 cm³/mol. The first kappa shape index (κ1) is 40.4. The fourth-order valence-electron chi connectivity index (χ4n) is 5.94. The van der Waals surface area contributed by atoms with Crippen LogP contribution in [0.15, 0.2) is 24.3 Å². The van der Waals surface area contributed by atoms with Crippen molar-refractivity contribution >= 4 is 11.8 Å². The van der Waals surface area contributed by atoms with Gasteiger partial charge < -0.3 is 11.5 Å². The molecule has 0 aliphatic carbocycles. The molecule has 0 radical (unpaired) electrons. The van der Waals surface area contributed by atoms with Gasteiger partial charge >= 0.3 is 0 Å². The fraction of sp³-hybridized carbons (Fsp3) is 0.842. The van der Waals surface area contributed by atoms with Crippen LogP contribution in [-0.2, 0) is 9.59 Å². The first-order valence-corrected chi connectivity index (χ1v) is 18.4. The van der Waals surface area contributed by atoms with Crippen molar-refractivity contribution in [3.05, 3.63) is 24.3 Å². The van der Waals surface area contributed by atoms with E-state index in [9.17, 15) is 9.59 Å². The number of carbonyl (C=O) groups excluding carboxylic acids is 2. The minimum absolute atomic E-state index is 0.334. The molecule has 2 amide bonds. The van der Waals surface area contributed by atoms with Crippen LogP contribution in [0.5, 0.6) is 0 Å². The van der Waals surface area contributed by atoms with E-state index in [2.05, 4.69) is 6.92 Å². The lowest BCUT2D eigenvalue weighted by atomic mass is 9.95. The molecule has 0 atom stereocenters. The maximum Gasteiger partial charge on any atom is 0.241 e. The standard InChI is InChI=1S/C38H72N2O2/c1-36(32-28-24-20-16-12-8-4-2-6-10-14-18-22-26-30-34-37(39)41)33-29-25-21-17-13-9-5-3-7-11-15-19-23-27-31-35-38(40)42/h30-31,34-36H,2-29,32-33H2,1H3,(H2,39,41)(H2,40,42). The summed E-state index contributed by atoms with van der Waals surface area (Å²) < 4.78 is 0. The molecule has 0 aromatic rings. The van der Waals surface area contributed by atoms with E-state index in [1.807, 2.05) is 12.2 Å². The Morgan fingerprint density at radius 2 is 0.619 bits per heavy atom. The Kier molecular flexibility index (Phi) is 32.6. The number of primary amides is 2. The van der Waals surface area contributed by atoms with E-state index in [4.69, 9.17) is 11.5 Å². The van der Waals surface area contributed by atoms with Gasteiger partial charge in [-0.1, -0.05) is 186 Å². The summed E-state index contributed by atoms with van der Waals surface area (Å²) in [5.41, 5.74) is 10.2. The maximum absolute atomic E-state index is 10.6. The summed E-state index contributed by atoms with van der Waals surface area (Å²) in [6.45, 7) is 2.47. The van der Waals surface area contributed by atoms with E-state index in [0.717, 1.165) is 18.8 Å². The smallest absolute Gasteiger partial charge is 0.241 e. The second-order valence-electron chi connectivity index (χ2n) is 13.1. The van der Waals surface area contributed by atoms with Crippen molar-refractivity contribution in [1.82, 2.24) is 0 Å². The molecule has 4 nitrogen and oxygen atoms in total. The van der Waals surface area contributed by atoms with Crippen LogP contribution >= 0.6 is 0 Å². The monoisotopic (exact) mass is 589 g/mol. The summed E-state index contributed by atoms with van der Waals surface area (Å²) in [5, 5.41) is 0. The average Bonchev–Trinajstić information content (AvgIpc) is 2.96. The lowest BCUT2D eigenvalue weighted by Crippen LogP contribution is -2.05. The second-order valence-corrected chi connectivity index (χ2v) is 13.1. The number of rotatable bonds is 34. The molecule has 0 bridgehead atoms. The first-order valence-electron chi connectivity index (χ1n) is 18.4. The first-order chi connectivity index (χ1) is 20.5. The van der Waals surface area contributed by atoms with Gasteiger partial charge in [0.25, 0.3) is 0 Å². The highest BCUT2D eigenvalue weighted by Crippen LogP contribution is 2.19. The number of hydrogen-bond donors (Lipinski definition) is 2. The largest absolute Gasteiger partial charge is 0.366 e. The molecule has 246 valence electrons. The van der Waals surface area contributed by atoms with Crippen LogP contribution in [0.1, 0.15) is 200 Å². The Balaban J connectivity index is 3.19. The zero-order valence-corrected chi connectivity index (χ0v) is 28.1. The van der Waals surface area contributed by atoms with Gasteiger partial charge in [0.15, 0.2) is 0 Å². The molecule has 0 fully saturated rings. The minimum atomic E-state index is -0.334. The molecule has 0 heterocycles. The van der Waals surface area contributed by atoms with Gasteiger partial charge in [-0.05, 0) is 43.8 Å². The van der Waals surface area contributed by atoms with Crippen molar-refractivity contribution < 1.29 is 9.59 Å². The third kappa shape index (κ3) is 36.4. The van der Waals surface area contributed by atoms with Crippen molar-refractivity contribution in [2.24, 2.45) is 17.4 Å². The summed E-state index contributed by atoms with van der Waals surface area (Å²) in [4.78, 5) is 21.2. The number of hydrogen-bond acceptors (Lipinski definition) is 2. The second kappa shape index (κ2) is 33.9. The third-order valence-electron chi connectivity index (χ3n) is 8.70. The van der Waals surface area contributed by atoms with Crippen LogP contribution in [0.3, 0.4) is 0 Å². The highest BCUT2D eigenvalue weighted by Gasteiger charge is 2.02. The van der Waals surface area contributed by atoms with Gasteiger partial charge in [-0.2, -0.15) is 0 Å². The summed E-state index contributed by atoms with van der Waals surface area (Å²) in [5.74, 6) is 0.251. The number of nitrogens with two attached hydrogens (primary N) is 2. The molecule has 0 rings (SSSR count). The van der Waals surface area contributed by atoms with E-state index in [1.54, 1.807) is 0 Å². The zero-order valence-electron chi connectivity index (χ0n) is 28.1. The number of amides is 2. The molecule has 0 saturated carbocycles. The van der Waals surface area contributed by atoms with Crippen molar-refractivity contribution in [1.29, 1.82) is 0 Å². The third-order valence-corrected chi connectivity index (χ3v) is 8.70. The Morgan fingerprint density at radius 3 is 0.857 bits per heavy atom. The van der Waals surface area contributed by atoms with Gasteiger partial charge in [-0.15, -0.1) is 0 Å². The van der Waals surface area contributed by atoms with Gasteiger partial charge in [-0.3, -0.25) is 9.59 Å². The lowest BCUT2D eigenvalue weighted by Gasteiger charge is -2.11. The molecular weight excluding hydrogens is 516 g/mol. The summed E-state index contributed by atoms with van der Waals surface area (Å²) in [7, 11) is 0. The quantitative estimate of drug-likeness (QED) is 0.0578. The summed E-state index contributed by atoms with van der Waals surface area (Å²) in [6.07, 6.45) is 47.5. The maximum atomic E-state index is 10.6. The van der Waals surface area contributed by atoms with Gasteiger partial charge in [0.05, 0.1) is 0 Å². The lowest BCUT2D eigenvalue weighted by molar-refractivity contribution is -0.114. The van der Waals surface area contributed by atoms with Gasteiger partial charge in [0.1, 0.15) is 0 Å². The summed E-state index contributed by atoms with van der Waals surface area (Å²) >= 11 is 0. The van der Waals surface area contributed by atoms with E-state index in [1.165, 1.54) is 192 Å². The van der Waals surface area contributed by atoms with Crippen molar-refractivity contribution in [2.45, 2.75) is 200 Å². The molecule has 0 aromatic carbocycles. The van der Waals surface area contributed by atoms with Gasteiger partial charge in [0.2, 0.25) is 11.8 Å². The Morgan fingerprint density at radius 1 is 0.405 bits per heavy atom. The highest BCUT2D eigenvalue weighted by atomic mass is 16.1. The molecule has 0 aliphatic heterocycles. The van der Waals surface area contributed by atoms with Crippen LogP contribution < -0.4 is 11.5 Å². The summed E-state index contributed by atoms with van der Waals surface area (Å²) in [6, 6.07) is 0.